The molecule has 0 nitrogen and oxygen atoms in total. The van der Waals surface area contributed by atoms with E-state index in [9.17, 15) is 0 Å². The van der Waals surface area contributed by atoms with Gasteiger partial charge in [-0.15, -0.1) is 69.1 Å². The van der Waals surface area contributed by atoms with E-state index in [2.05, 4.69) is 157 Å². The Balaban J connectivity index is 0.000000231. The predicted octanol–water partition coefficient (Wildman–Crippen LogP) is 7.85. The van der Waals surface area contributed by atoms with Gasteiger partial charge in [-0.1, -0.05) is 126 Å². The van der Waals surface area contributed by atoms with Crippen LogP contribution in [0.2, 0.25) is 13.1 Å². The molecular formula is C45H52Cl2SiZr-2. The van der Waals surface area contributed by atoms with Crippen LogP contribution in [0.25, 0.3) is 43.8 Å². The van der Waals surface area contributed by atoms with Crippen molar-refractivity contribution in [3.05, 3.63) is 131 Å². The predicted molar refractivity (Wildman–Crippen MR) is 206 cm³/mol. The van der Waals surface area contributed by atoms with Crippen LogP contribution in [0.15, 0.2) is 109 Å². The van der Waals surface area contributed by atoms with Gasteiger partial charge in [-0.3, -0.25) is 0 Å². The fraction of sp³-hybridized carbons (Fsp3) is 0.333. The van der Waals surface area contributed by atoms with Gasteiger partial charge in [0, 0.05) is 0 Å². The Morgan fingerprint density at radius 3 is 1.63 bits per heavy atom. The third kappa shape index (κ3) is 10.9. The second-order valence-corrected chi connectivity index (χ2v) is 23.7. The fourth-order valence-electron chi connectivity index (χ4n) is 6.90. The molecule has 0 N–H and O–H groups in total. The minimum Gasteiger partial charge on any atom is -1.00 e. The van der Waals surface area contributed by atoms with E-state index in [1.54, 1.807) is 23.3 Å². The topological polar surface area (TPSA) is 0 Å². The Kier molecular flexibility index (Phi) is 16.3. The second-order valence-electron chi connectivity index (χ2n) is 14.3. The maximum atomic E-state index is 2.36. The van der Waals surface area contributed by atoms with Crippen molar-refractivity contribution in [1.82, 2.24) is 0 Å². The first-order valence-corrected chi connectivity index (χ1v) is 23.9. The van der Waals surface area contributed by atoms with Crippen molar-refractivity contribution in [1.29, 1.82) is 0 Å². The molecule has 0 atom stereocenters. The first-order valence-electron chi connectivity index (χ1n) is 17.7. The van der Waals surface area contributed by atoms with E-state index >= 15 is 0 Å². The molecule has 1 saturated carbocycles. The van der Waals surface area contributed by atoms with Crippen molar-refractivity contribution in [2.45, 2.75) is 97.6 Å². The van der Waals surface area contributed by atoms with Crippen LogP contribution < -0.4 is 24.8 Å². The van der Waals surface area contributed by atoms with Gasteiger partial charge in [-0.05, 0) is 52.8 Å². The Labute approximate surface area is 324 Å². The normalized spacial score (nSPS) is 12.9. The molecule has 0 aromatic heterocycles. The third-order valence-corrected chi connectivity index (χ3v) is 9.52. The molecule has 7 rings (SSSR count). The van der Waals surface area contributed by atoms with E-state index in [1.165, 1.54) is 98.2 Å². The van der Waals surface area contributed by atoms with E-state index in [4.69, 9.17) is 0 Å². The van der Waals surface area contributed by atoms with Crippen LogP contribution in [0.3, 0.4) is 0 Å². The molecule has 0 radical (unpaired) electrons. The number of aryl methyl sites for hydroxylation is 1. The molecule has 0 saturated heterocycles. The first kappa shape index (κ1) is 41.2. The molecule has 1 aliphatic rings. The number of hydrogen-bond donors (Lipinski definition) is 0. The van der Waals surface area contributed by atoms with E-state index in [1.807, 2.05) is 0 Å². The van der Waals surface area contributed by atoms with Crippen LogP contribution in [0.5, 0.6) is 0 Å². The zero-order chi connectivity index (χ0) is 33.5. The molecule has 0 amide bonds. The zero-order valence-corrected chi connectivity index (χ0v) is 35.4. The van der Waals surface area contributed by atoms with Crippen LogP contribution in [0.4, 0.5) is 0 Å². The molecule has 4 heteroatoms. The number of halogens is 2. The molecule has 0 bridgehead atoms. The van der Waals surface area contributed by atoms with E-state index in [-0.39, 0.29) is 30.2 Å². The largest absolute Gasteiger partial charge is 1.00 e. The van der Waals surface area contributed by atoms with Gasteiger partial charge in [-0.25, -0.2) is 0 Å². The summed E-state index contributed by atoms with van der Waals surface area (Å²) in [5.74, 6) is 1.95. The summed E-state index contributed by atoms with van der Waals surface area (Å²) in [4.78, 5) is 0. The summed E-state index contributed by atoms with van der Waals surface area (Å²) in [6.07, 6.45) is 6.97. The Morgan fingerprint density at radius 2 is 1.12 bits per heavy atom. The smallest absolute Gasteiger partial charge is 0.0162 e. The SMILES string of the molecule is CC(C)c1ccc(-c2cccc3[cH-]c(C(C)C)cc23)cc1.C[Si](C)=[Zr+2].Cc1cc2c(-c3ccc(C4CCCCC4)cc3)cccc2[cH-]1.[Cl-].[Cl-]. The van der Waals surface area contributed by atoms with Crippen LogP contribution in [-0.4, -0.2) is 5.43 Å². The quantitative estimate of drug-likeness (QED) is 0.124. The second kappa shape index (κ2) is 19.4. The zero-order valence-electron chi connectivity index (χ0n) is 30.4. The maximum absolute atomic E-state index is 2.36. The standard InChI is InChI=1S/C22H23.C21H23.C2H6Si.2ClH.Zr/c1-16-14-20-8-5-9-21(22(20)15-16)19-12-10-18(11-13-19)17-6-3-2-4-7-17;1-14(2)16-8-10-17(11-9-16)20-7-5-6-18-12-19(15(3)4)13-21(18)20;1-3-2;;;/h5,8-15,17H,2-4,6-7H2,1H3;5-15H,1-4H3;1-2H3;2*1H;/q2*-1;;;;+2/p-2. The number of benzene rings is 4. The summed E-state index contributed by atoms with van der Waals surface area (Å²) in [7, 11) is 0. The van der Waals surface area contributed by atoms with Crippen molar-refractivity contribution in [3.8, 4) is 22.3 Å². The molecule has 6 aromatic rings. The van der Waals surface area contributed by atoms with Crippen molar-refractivity contribution < 1.29 is 48.1 Å². The fourth-order valence-corrected chi connectivity index (χ4v) is 6.90. The monoisotopic (exact) mass is 780 g/mol. The summed E-state index contributed by atoms with van der Waals surface area (Å²) >= 11 is 1.74. The molecule has 256 valence electrons. The van der Waals surface area contributed by atoms with Crippen molar-refractivity contribution in [2.24, 2.45) is 0 Å². The number of fused-ring (bicyclic) bond motifs is 2. The van der Waals surface area contributed by atoms with Gasteiger partial charge in [-0.2, -0.15) is 12.1 Å². The molecule has 49 heavy (non-hydrogen) atoms. The van der Waals surface area contributed by atoms with Gasteiger partial charge in [0.2, 0.25) is 0 Å². The Hall–Kier alpha value is -2.22. The minimum absolute atomic E-state index is 0. The molecule has 0 aliphatic heterocycles. The number of rotatable bonds is 5. The first-order chi connectivity index (χ1) is 22.6. The molecule has 1 fully saturated rings. The van der Waals surface area contributed by atoms with E-state index < -0.39 is 0 Å². The maximum Gasteiger partial charge on any atom is -0.0162 e. The number of hydrogen-bond acceptors (Lipinski definition) is 0. The molecule has 1 aliphatic carbocycles. The van der Waals surface area contributed by atoms with Crippen LogP contribution >= 0.6 is 0 Å². The molecule has 0 unspecified atom stereocenters. The minimum atomic E-state index is 0. The summed E-state index contributed by atoms with van der Waals surface area (Å²) in [6.45, 7) is 15.8. The summed E-state index contributed by atoms with van der Waals surface area (Å²) in [5, 5.41) is 5.46. The van der Waals surface area contributed by atoms with Gasteiger partial charge in [0.1, 0.15) is 0 Å². The Bertz CT molecular complexity index is 1900. The van der Waals surface area contributed by atoms with Crippen LogP contribution in [0, 0.1) is 6.92 Å². The Morgan fingerprint density at radius 1 is 0.633 bits per heavy atom. The van der Waals surface area contributed by atoms with Crippen LogP contribution in [-0.2, 0) is 23.3 Å². The average Bonchev–Trinajstić information content (AvgIpc) is 3.69. The third-order valence-electron chi connectivity index (χ3n) is 9.52. The van der Waals surface area contributed by atoms with Crippen molar-refractivity contribution in [3.63, 3.8) is 0 Å². The molecule has 0 spiro atoms. The van der Waals surface area contributed by atoms with Crippen LogP contribution in [0.1, 0.15) is 99.8 Å². The molecular weight excluding hydrogens is 731 g/mol. The van der Waals surface area contributed by atoms with Gasteiger partial charge in [0.25, 0.3) is 0 Å². The average molecular weight is 783 g/mol. The van der Waals surface area contributed by atoms with Gasteiger partial charge in [0.05, 0.1) is 0 Å². The van der Waals surface area contributed by atoms with Gasteiger partial charge < -0.3 is 24.8 Å². The summed E-state index contributed by atoms with van der Waals surface area (Å²) in [6, 6.07) is 40.9. The van der Waals surface area contributed by atoms with Gasteiger partial charge >= 0.3 is 41.9 Å². The van der Waals surface area contributed by atoms with Gasteiger partial charge in [0.15, 0.2) is 0 Å². The summed E-state index contributed by atoms with van der Waals surface area (Å²) in [5.41, 5.74) is 11.3. The van der Waals surface area contributed by atoms with Crippen molar-refractivity contribution >= 4 is 27.0 Å². The summed E-state index contributed by atoms with van der Waals surface area (Å²) < 4.78 is 0. The van der Waals surface area contributed by atoms with E-state index in [0.29, 0.717) is 11.8 Å². The van der Waals surface area contributed by atoms with E-state index in [0.717, 1.165) is 5.92 Å². The molecule has 0 heterocycles. The van der Waals surface area contributed by atoms with Crippen molar-refractivity contribution in [2.75, 3.05) is 0 Å². The molecule has 6 aromatic carbocycles.